The van der Waals surface area contributed by atoms with Crippen LogP contribution in [0.15, 0.2) is 72.0 Å². The SMILES string of the molecule is CN(C)c1cccc(C(=O)NC(=NCc2ccncc2)Nc2ccc(F)c(Cl)c2)c1. The van der Waals surface area contributed by atoms with Crippen LogP contribution in [0.25, 0.3) is 0 Å². The molecule has 0 radical (unpaired) electrons. The molecule has 1 aromatic heterocycles. The fourth-order valence-electron chi connectivity index (χ4n) is 2.58. The van der Waals surface area contributed by atoms with Crippen molar-refractivity contribution >= 4 is 34.8 Å². The molecule has 1 amide bonds. The summed E-state index contributed by atoms with van der Waals surface area (Å²) in [6.45, 7) is 0.317. The summed E-state index contributed by atoms with van der Waals surface area (Å²) in [4.78, 5) is 23.2. The molecule has 30 heavy (non-hydrogen) atoms. The molecule has 0 saturated heterocycles. The third kappa shape index (κ3) is 5.78. The molecule has 0 aliphatic heterocycles. The first-order valence-corrected chi connectivity index (χ1v) is 9.54. The minimum absolute atomic E-state index is 0.0292. The molecule has 3 rings (SSSR count). The zero-order valence-electron chi connectivity index (χ0n) is 16.6. The van der Waals surface area contributed by atoms with Crippen molar-refractivity contribution in [2.75, 3.05) is 24.3 Å². The molecule has 0 aliphatic rings. The van der Waals surface area contributed by atoms with Gasteiger partial charge in [-0.3, -0.25) is 15.1 Å². The van der Waals surface area contributed by atoms with Gasteiger partial charge in [0.05, 0.1) is 11.6 Å². The van der Waals surface area contributed by atoms with Gasteiger partial charge >= 0.3 is 0 Å². The highest BCUT2D eigenvalue weighted by Crippen LogP contribution is 2.19. The molecule has 2 aromatic carbocycles. The van der Waals surface area contributed by atoms with E-state index in [0.29, 0.717) is 17.8 Å². The van der Waals surface area contributed by atoms with Gasteiger partial charge in [0.2, 0.25) is 5.96 Å². The molecule has 0 aliphatic carbocycles. The van der Waals surface area contributed by atoms with Crippen molar-refractivity contribution in [3.63, 3.8) is 0 Å². The first-order valence-electron chi connectivity index (χ1n) is 9.16. The van der Waals surface area contributed by atoms with Crippen LogP contribution in [0.1, 0.15) is 15.9 Å². The van der Waals surface area contributed by atoms with Gasteiger partial charge in [0.1, 0.15) is 5.82 Å². The van der Waals surface area contributed by atoms with Gasteiger partial charge in [0.25, 0.3) is 5.91 Å². The highest BCUT2D eigenvalue weighted by molar-refractivity contribution is 6.31. The third-order valence-electron chi connectivity index (χ3n) is 4.21. The number of halogens is 2. The maximum atomic E-state index is 13.5. The lowest BCUT2D eigenvalue weighted by Crippen LogP contribution is -2.36. The fourth-order valence-corrected chi connectivity index (χ4v) is 2.77. The summed E-state index contributed by atoms with van der Waals surface area (Å²) < 4.78 is 13.5. The molecule has 0 atom stereocenters. The number of nitrogens with one attached hydrogen (secondary N) is 2. The molecule has 6 nitrogen and oxygen atoms in total. The normalized spacial score (nSPS) is 11.1. The van der Waals surface area contributed by atoms with Crippen molar-refractivity contribution < 1.29 is 9.18 Å². The lowest BCUT2D eigenvalue weighted by Gasteiger charge is -2.15. The van der Waals surface area contributed by atoms with Gasteiger partial charge < -0.3 is 10.2 Å². The summed E-state index contributed by atoms with van der Waals surface area (Å²) in [7, 11) is 3.80. The number of hydrogen-bond acceptors (Lipinski definition) is 4. The molecule has 0 fully saturated rings. The fraction of sp³-hybridized carbons (Fsp3) is 0.136. The second-order valence-corrected chi connectivity index (χ2v) is 7.08. The van der Waals surface area contributed by atoms with E-state index in [9.17, 15) is 9.18 Å². The van der Waals surface area contributed by atoms with E-state index in [1.807, 2.05) is 43.3 Å². The second kappa shape index (κ2) is 9.84. The number of carbonyl (C=O) groups is 1. The van der Waals surface area contributed by atoms with Gasteiger partial charge in [0, 0.05) is 43.4 Å². The van der Waals surface area contributed by atoms with E-state index in [1.165, 1.54) is 18.2 Å². The number of hydrogen-bond donors (Lipinski definition) is 2. The standard InChI is InChI=1S/C22H21ClFN5O/c1-29(2)18-5-3-4-16(12-18)21(30)28-22(26-14-15-8-10-25-11-9-15)27-17-6-7-20(24)19(23)13-17/h3-13H,14H2,1-2H3,(H2,26,27,28,30). The van der Waals surface area contributed by atoms with Crippen molar-refractivity contribution in [2.24, 2.45) is 4.99 Å². The van der Waals surface area contributed by atoms with Crippen molar-refractivity contribution in [2.45, 2.75) is 6.54 Å². The number of guanidine groups is 1. The summed E-state index contributed by atoms with van der Waals surface area (Å²) in [5, 5.41) is 5.75. The Morgan fingerprint density at radius 1 is 1.13 bits per heavy atom. The maximum Gasteiger partial charge on any atom is 0.258 e. The Labute approximate surface area is 179 Å². The van der Waals surface area contributed by atoms with Crippen LogP contribution in [0.4, 0.5) is 15.8 Å². The van der Waals surface area contributed by atoms with E-state index in [-0.39, 0.29) is 16.9 Å². The highest BCUT2D eigenvalue weighted by atomic mass is 35.5. The topological polar surface area (TPSA) is 69.6 Å². The van der Waals surface area contributed by atoms with Crippen LogP contribution >= 0.6 is 11.6 Å². The van der Waals surface area contributed by atoms with E-state index in [1.54, 1.807) is 24.5 Å². The molecule has 0 bridgehead atoms. The summed E-state index contributed by atoms with van der Waals surface area (Å²) in [6.07, 6.45) is 3.34. The van der Waals surface area contributed by atoms with Gasteiger partial charge in [-0.2, -0.15) is 0 Å². The molecule has 1 heterocycles. The van der Waals surface area contributed by atoms with Crippen LogP contribution in [-0.2, 0) is 6.54 Å². The molecule has 0 spiro atoms. The minimum atomic E-state index is -0.526. The Bertz CT molecular complexity index is 1060. The number of nitrogens with zero attached hydrogens (tertiary/aromatic N) is 3. The Balaban J connectivity index is 1.83. The molecule has 0 saturated carbocycles. The third-order valence-corrected chi connectivity index (χ3v) is 4.50. The predicted octanol–water partition coefficient (Wildman–Crippen LogP) is 4.34. The zero-order valence-corrected chi connectivity index (χ0v) is 17.3. The van der Waals surface area contributed by atoms with Crippen molar-refractivity contribution in [3.8, 4) is 0 Å². The lowest BCUT2D eigenvalue weighted by molar-refractivity contribution is 0.0977. The van der Waals surface area contributed by atoms with Gasteiger partial charge in [0.15, 0.2) is 0 Å². The number of carbonyl (C=O) groups excluding carboxylic acids is 1. The van der Waals surface area contributed by atoms with E-state index < -0.39 is 5.82 Å². The molecule has 2 N–H and O–H groups in total. The van der Waals surface area contributed by atoms with Crippen LogP contribution in [-0.4, -0.2) is 30.9 Å². The van der Waals surface area contributed by atoms with E-state index >= 15 is 0 Å². The Hall–Kier alpha value is -3.45. The molecule has 8 heteroatoms. The van der Waals surface area contributed by atoms with Gasteiger partial charge in [-0.25, -0.2) is 9.38 Å². The Kier molecular flexibility index (Phi) is 6.98. The van der Waals surface area contributed by atoms with Crippen LogP contribution in [0.3, 0.4) is 0 Å². The number of rotatable bonds is 5. The Morgan fingerprint density at radius 3 is 2.60 bits per heavy atom. The summed E-state index contributed by atoms with van der Waals surface area (Å²) >= 11 is 5.87. The van der Waals surface area contributed by atoms with Crippen LogP contribution < -0.4 is 15.5 Å². The molecular formula is C22H21ClFN5O. The first-order chi connectivity index (χ1) is 14.4. The molecule has 154 valence electrons. The lowest BCUT2D eigenvalue weighted by atomic mass is 10.2. The molecular weight excluding hydrogens is 405 g/mol. The number of benzene rings is 2. The van der Waals surface area contributed by atoms with Crippen molar-refractivity contribution in [1.82, 2.24) is 10.3 Å². The van der Waals surface area contributed by atoms with E-state index in [0.717, 1.165) is 11.3 Å². The summed E-state index contributed by atoms with van der Waals surface area (Å²) in [6, 6.07) is 15.1. The van der Waals surface area contributed by atoms with Crippen LogP contribution in [0, 0.1) is 5.82 Å². The Morgan fingerprint density at radius 2 is 1.90 bits per heavy atom. The van der Waals surface area contributed by atoms with Crippen molar-refractivity contribution in [3.05, 3.63) is 89.0 Å². The second-order valence-electron chi connectivity index (χ2n) is 6.67. The van der Waals surface area contributed by atoms with Gasteiger partial charge in [-0.15, -0.1) is 0 Å². The van der Waals surface area contributed by atoms with Crippen LogP contribution in [0.2, 0.25) is 5.02 Å². The maximum absolute atomic E-state index is 13.5. The van der Waals surface area contributed by atoms with E-state index in [4.69, 9.17) is 11.6 Å². The zero-order chi connectivity index (χ0) is 21.5. The van der Waals surface area contributed by atoms with Crippen molar-refractivity contribution in [1.29, 1.82) is 0 Å². The largest absolute Gasteiger partial charge is 0.378 e. The quantitative estimate of drug-likeness (QED) is 0.471. The first kappa shape index (κ1) is 21.3. The number of pyridine rings is 1. The number of amides is 1. The summed E-state index contributed by atoms with van der Waals surface area (Å²) in [5.41, 5.74) is 2.80. The van der Waals surface area contributed by atoms with E-state index in [2.05, 4.69) is 20.6 Å². The predicted molar refractivity (Wildman–Crippen MR) is 119 cm³/mol. The van der Waals surface area contributed by atoms with Gasteiger partial charge in [-0.1, -0.05) is 17.7 Å². The molecule has 3 aromatic rings. The number of anilines is 2. The average Bonchev–Trinajstić information content (AvgIpc) is 2.75. The average molecular weight is 426 g/mol. The number of aliphatic imine (C=N–C) groups is 1. The smallest absolute Gasteiger partial charge is 0.258 e. The molecule has 0 unspecified atom stereocenters. The van der Waals surface area contributed by atoms with Gasteiger partial charge in [-0.05, 0) is 54.1 Å². The summed E-state index contributed by atoms with van der Waals surface area (Å²) in [5.74, 6) is -0.635. The monoisotopic (exact) mass is 425 g/mol. The highest BCUT2D eigenvalue weighted by Gasteiger charge is 2.11. The minimum Gasteiger partial charge on any atom is -0.378 e. The van der Waals surface area contributed by atoms with Crippen LogP contribution in [0.5, 0.6) is 0 Å². The number of aromatic nitrogens is 1.